The molecule has 55 heavy (non-hydrogen) atoms. The fourth-order valence-corrected chi connectivity index (χ4v) is 10.7. The van der Waals surface area contributed by atoms with E-state index in [9.17, 15) is 27.1 Å². The lowest BCUT2D eigenvalue weighted by Gasteiger charge is -2.33. The van der Waals surface area contributed by atoms with E-state index in [1.54, 1.807) is 6.07 Å². The van der Waals surface area contributed by atoms with Gasteiger partial charge in [0.1, 0.15) is 23.3 Å². The van der Waals surface area contributed by atoms with Crippen molar-refractivity contribution in [2.24, 2.45) is 29.6 Å². The molecule has 1 aliphatic carbocycles. The van der Waals surface area contributed by atoms with Crippen molar-refractivity contribution in [2.75, 3.05) is 32.9 Å². The second-order valence-corrected chi connectivity index (χ2v) is 18.2. The standard InChI is InChI=1S/C41H54F2N2O9S/c1-25(2)13-38-44-33-17-28-23-50-11-8-6-4-3-5-7-10-45(55(48,49)37(28)21-36(33)53-38)22-34(46)27(14-26-15-30(42)20-31(43)16-26)19-39(47)54-35-18-29-24-52-41-40(29)32(35)9-12-51-41/h15-17,20-21,25,27,29,32,34-35,40-41,46H,3-14,18-19,22-24H2,1-2H3/t27-,29+,32+,34-,35+,40-,41-/m1/s1. The lowest BCUT2D eigenvalue weighted by molar-refractivity contribution is -0.182. The number of aliphatic hydroxyl groups excluding tert-OH is 1. The number of aliphatic hydroxyl groups is 1. The third-order valence-electron chi connectivity index (χ3n) is 11.7. The Labute approximate surface area is 322 Å². The Morgan fingerprint density at radius 1 is 1.00 bits per heavy atom. The van der Waals surface area contributed by atoms with Gasteiger partial charge in [0.2, 0.25) is 10.0 Å². The number of ether oxygens (including phenoxy) is 4. The van der Waals surface area contributed by atoms with E-state index in [4.69, 9.17) is 23.4 Å². The largest absolute Gasteiger partial charge is 0.462 e. The summed E-state index contributed by atoms with van der Waals surface area (Å²) >= 11 is 0. The van der Waals surface area contributed by atoms with Crippen molar-refractivity contribution in [3.63, 3.8) is 0 Å². The zero-order valence-electron chi connectivity index (χ0n) is 31.8. The van der Waals surface area contributed by atoms with Crippen molar-refractivity contribution in [3.8, 4) is 0 Å². The number of hydrogen-bond acceptors (Lipinski definition) is 10. The molecule has 2 aromatic carbocycles. The molecule has 7 atom stereocenters. The van der Waals surface area contributed by atoms with Crippen molar-refractivity contribution in [1.82, 2.24) is 9.29 Å². The zero-order chi connectivity index (χ0) is 38.7. The predicted octanol–water partition coefficient (Wildman–Crippen LogP) is 6.72. The number of rotatable bonds is 10. The third-order valence-corrected chi connectivity index (χ3v) is 13.6. The molecule has 0 unspecified atom stereocenters. The summed E-state index contributed by atoms with van der Waals surface area (Å²) in [5.74, 6) is -1.77. The lowest BCUT2D eigenvalue weighted by Crippen LogP contribution is -2.42. The minimum atomic E-state index is -4.27. The molecule has 0 spiro atoms. The zero-order valence-corrected chi connectivity index (χ0v) is 32.6. The normalized spacial score (nSPS) is 27.3. The van der Waals surface area contributed by atoms with Gasteiger partial charge in [0.05, 0.1) is 37.2 Å². The van der Waals surface area contributed by atoms with Crippen LogP contribution in [0.2, 0.25) is 0 Å². The number of esters is 1. The van der Waals surface area contributed by atoms with E-state index in [-0.39, 0.29) is 79.1 Å². The van der Waals surface area contributed by atoms with E-state index in [2.05, 4.69) is 4.98 Å². The Morgan fingerprint density at radius 2 is 1.76 bits per heavy atom. The Kier molecular flexibility index (Phi) is 12.9. The number of fused-ring (bicyclic) bond motifs is 2. The molecule has 0 radical (unpaired) electrons. The van der Waals surface area contributed by atoms with E-state index in [1.165, 1.54) is 22.5 Å². The number of oxazole rings is 1. The molecule has 11 nitrogen and oxygen atoms in total. The first-order valence-electron chi connectivity index (χ1n) is 20.0. The van der Waals surface area contributed by atoms with Crippen molar-refractivity contribution in [3.05, 3.63) is 59.0 Å². The SMILES string of the molecule is CC(C)Cc1nc2cc3c(cc2o1)S(=O)(=O)N(C[C@@H](O)[C@@H](CC(=O)O[C@H]1C[C@H]2CO[C@H]4OCC[C@@H]1[C@@H]24)Cc1cc(F)cc(F)c1)CCCCCCCCOC3. The summed E-state index contributed by atoms with van der Waals surface area (Å²) in [4.78, 5) is 18.3. The molecule has 4 heterocycles. The first-order valence-corrected chi connectivity index (χ1v) is 21.4. The molecule has 4 aliphatic rings. The van der Waals surface area contributed by atoms with Crippen LogP contribution in [-0.2, 0) is 53.2 Å². The minimum absolute atomic E-state index is 0.00481. The van der Waals surface area contributed by atoms with Gasteiger partial charge in [0, 0.05) is 61.6 Å². The molecule has 3 fully saturated rings. The molecule has 7 rings (SSSR count). The highest BCUT2D eigenvalue weighted by Gasteiger charge is 2.55. The number of hydrogen-bond donors (Lipinski definition) is 1. The summed E-state index contributed by atoms with van der Waals surface area (Å²) in [7, 11) is -4.27. The summed E-state index contributed by atoms with van der Waals surface area (Å²) in [5, 5.41) is 12.0. The molecule has 14 heteroatoms. The molecular weight excluding hydrogens is 735 g/mol. The Balaban J connectivity index is 1.16. The molecule has 3 aliphatic heterocycles. The third kappa shape index (κ3) is 9.59. The molecule has 1 saturated carbocycles. The van der Waals surface area contributed by atoms with Crippen molar-refractivity contribution in [2.45, 2.75) is 114 Å². The van der Waals surface area contributed by atoms with Gasteiger partial charge in [-0.15, -0.1) is 0 Å². The van der Waals surface area contributed by atoms with Gasteiger partial charge in [-0.3, -0.25) is 4.79 Å². The average Bonchev–Trinajstić information content (AvgIpc) is 3.82. The van der Waals surface area contributed by atoms with Gasteiger partial charge in [0.25, 0.3) is 0 Å². The van der Waals surface area contributed by atoms with E-state index in [1.807, 2.05) is 13.8 Å². The Hall–Kier alpha value is -3.01. The first kappa shape index (κ1) is 40.2. The maximum absolute atomic E-state index is 14.8. The topological polar surface area (TPSA) is 138 Å². The van der Waals surface area contributed by atoms with Crippen LogP contribution < -0.4 is 0 Å². The monoisotopic (exact) mass is 788 g/mol. The fourth-order valence-electron chi connectivity index (χ4n) is 8.98. The van der Waals surface area contributed by atoms with E-state index in [0.29, 0.717) is 61.6 Å². The van der Waals surface area contributed by atoms with Crippen LogP contribution in [0.5, 0.6) is 0 Å². The Bertz CT molecular complexity index is 1880. The van der Waals surface area contributed by atoms with E-state index < -0.39 is 39.6 Å². The highest BCUT2D eigenvalue weighted by Crippen LogP contribution is 2.50. The Morgan fingerprint density at radius 3 is 2.55 bits per heavy atom. The number of carbonyl (C=O) groups is 1. The molecule has 0 bridgehead atoms. The minimum Gasteiger partial charge on any atom is -0.462 e. The van der Waals surface area contributed by atoms with Gasteiger partial charge in [-0.25, -0.2) is 22.2 Å². The van der Waals surface area contributed by atoms with E-state index >= 15 is 0 Å². The summed E-state index contributed by atoms with van der Waals surface area (Å²) in [5.41, 5.74) is 1.56. The fraction of sp³-hybridized carbons (Fsp3) is 0.659. The molecule has 1 N–H and O–H groups in total. The van der Waals surface area contributed by atoms with Crippen molar-refractivity contribution in [1.29, 1.82) is 0 Å². The summed E-state index contributed by atoms with van der Waals surface area (Å²) in [6.45, 7) is 5.47. The number of sulfonamides is 1. The number of β-amino-alcohol motifs (C(OH)–C–C–N with tert-alkyl or cyclic N) is 1. The molecule has 2 saturated heterocycles. The number of carbonyl (C=O) groups excluding carboxylic acids is 1. The summed E-state index contributed by atoms with van der Waals surface area (Å²) < 4.78 is 89.3. The van der Waals surface area contributed by atoms with Crippen LogP contribution in [0, 0.1) is 41.2 Å². The van der Waals surface area contributed by atoms with Gasteiger partial charge < -0.3 is 28.5 Å². The van der Waals surface area contributed by atoms with Gasteiger partial charge >= 0.3 is 5.97 Å². The molecular formula is C41H54F2N2O9S. The van der Waals surface area contributed by atoms with Crippen LogP contribution >= 0.6 is 0 Å². The lowest BCUT2D eigenvalue weighted by atomic mass is 9.86. The molecule has 302 valence electrons. The predicted molar refractivity (Wildman–Crippen MR) is 198 cm³/mol. The smallest absolute Gasteiger partial charge is 0.306 e. The number of nitrogens with zero attached hydrogens (tertiary/aromatic N) is 2. The van der Waals surface area contributed by atoms with Crippen molar-refractivity contribution < 1.29 is 50.5 Å². The van der Waals surface area contributed by atoms with Crippen LogP contribution in [0.25, 0.3) is 11.1 Å². The second-order valence-electron chi connectivity index (χ2n) is 16.3. The molecule has 0 amide bonds. The highest BCUT2D eigenvalue weighted by atomic mass is 32.2. The van der Waals surface area contributed by atoms with Crippen LogP contribution in [0.4, 0.5) is 8.78 Å². The van der Waals surface area contributed by atoms with Gasteiger partial charge in [-0.05, 0) is 67.7 Å². The van der Waals surface area contributed by atoms with Crippen LogP contribution in [0.1, 0.15) is 88.7 Å². The van der Waals surface area contributed by atoms with Crippen molar-refractivity contribution >= 4 is 27.1 Å². The van der Waals surface area contributed by atoms with Crippen LogP contribution in [-0.4, -0.2) is 80.2 Å². The van der Waals surface area contributed by atoms with Crippen LogP contribution in [0.15, 0.2) is 39.6 Å². The van der Waals surface area contributed by atoms with E-state index in [0.717, 1.165) is 44.6 Å². The number of aromatic nitrogens is 1. The molecule has 3 aromatic rings. The van der Waals surface area contributed by atoms with Crippen LogP contribution in [0.3, 0.4) is 0 Å². The average molecular weight is 789 g/mol. The van der Waals surface area contributed by atoms with Gasteiger partial charge in [-0.2, -0.15) is 4.31 Å². The van der Waals surface area contributed by atoms with Gasteiger partial charge in [0.15, 0.2) is 17.8 Å². The molecule has 1 aromatic heterocycles. The first-order chi connectivity index (χ1) is 26.4. The number of benzene rings is 2. The quantitative estimate of drug-likeness (QED) is 0.221. The summed E-state index contributed by atoms with van der Waals surface area (Å²) in [6.07, 6.45) is 4.74. The maximum Gasteiger partial charge on any atom is 0.306 e. The highest BCUT2D eigenvalue weighted by molar-refractivity contribution is 7.89. The summed E-state index contributed by atoms with van der Waals surface area (Å²) in [6, 6.07) is 6.30. The number of halogens is 2. The second kappa shape index (κ2) is 17.6. The van der Waals surface area contributed by atoms with Gasteiger partial charge in [-0.1, -0.05) is 39.5 Å². The maximum atomic E-state index is 14.8.